The third-order valence-corrected chi connectivity index (χ3v) is 7.60. The number of hydrogen-bond acceptors (Lipinski definition) is 10. The Morgan fingerprint density at radius 3 is 2.68 bits per heavy atom. The van der Waals surface area contributed by atoms with Crippen molar-refractivity contribution in [2.45, 2.75) is 45.4 Å². The number of nitrogens with one attached hydrogen (secondary N) is 1. The van der Waals surface area contributed by atoms with Gasteiger partial charge in [0.1, 0.15) is 6.61 Å². The van der Waals surface area contributed by atoms with E-state index in [1.807, 2.05) is 24.4 Å². The first-order chi connectivity index (χ1) is 18.3. The predicted molar refractivity (Wildman–Crippen MR) is 140 cm³/mol. The summed E-state index contributed by atoms with van der Waals surface area (Å²) in [6.45, 7) is 6.07. The number of allylic oxidation sites excluding steroid dienone is 3. The standard InChI is InChI=1S/C27H30N2O8S/c1-4-35-8-9-37-27(32)23-15(3)28-18-11-16(22-7-6-10-38-22)13-20(30)25(18)24(23)17-12-19(29(33)34)26(31)21(14-17)36-5-2/h6-7,10,12,14,16,24,28,31H,4-5,8-9,11,13H2,1-3H3/t16-,24-/m0/s1. The first-order valence-electron chi connectivity index (χ1n) is 12.4. The molecule has 38 heavy (non-hydrogen) atoms. The fourth-order valence-electron chi connectivity index (χ4n) is 4.97. The molecule has 0 radical (unpaired) electrons. The SMILES string of the molecule is CCOCCOC(=O)C1=C(C)NC2=C(C(=O)C[C@@H](c3cccs3)C2)[C@H]1c1cc(OCC)c(O)c([N+](=O)[O-])c1. The van der Waals surface area contributed by atoms with Crippen LogP contribution >= 0.6 is 11.3 Å². The predicted octanol–water partition coefficient (Wildman–Crippen LogP) is 4.70. The van der Waals surface area contributed by atoms with E-state index in [9.17, 15) is 24.8 Å². The molecule has 0 amide bonds. The van der Waals surface area contributed by atoms with Gasteiger partial charge in [-0.3, -0.25) is 14.9 Å². The number of nitro benzene ring substituents is 1. The molecule has 10 nitrogen and oxygen atoms in total. The van der Waals surface area contributed by atoms with Gasteiger partial charge in [0.15, 0.2) is 11.5 Å². The maximum Gasteiger partial charge on any atom is 0.336 e. The second-order valence-electron chi connectivity index (χ2n) is 8.94. The van der Waals surface area contributed by atoms with E-state index in [1.165, 1.54) is 12.1 Å². The molecule has 0 unspecified atom stereocenters. The zero-order valence-electron chi connectivity index (χ0n) is 21.4. The number of ether oxygens (including phenoxy) is 3. The maximum absolute atomic E-state index is 13.7. The lowest BCUT2D eigenvalue weighted by Crippen LogP contribution is -2.36. The number of esters is 1. The first-order valence-corrected chi connectivity index (χ1v) is 13.3. The molecule has 1 aliphatic heterocycles. The summed E-state index contributed by atoms with van der Waals surface area (Å²) in [5.41, 5.74) is 1.40. The Bertz CT molecular complexity index is 1300. The third kappa shape index (κ3) is 5.44. The third-order valence-electron chi connectivity index (χ3n) is 6.57. The van der Waals surface area contributed by atoms with Gasteiger partial charge in [-0.15, -0.1) is 11.3 Å². The number of ketones is 1. The summed E-state index contributed by atoms with van der Waals surface area (Å²) in [5, 5.41) is 27.5. The van der Waals surface area contributed by atoms with E-state index in [4.69, 9.17) is 14.2 Å². The van der Waals surface area contributed by atoms with Crippen LogP contribution in [0.5, 0.6) is 11.5 Å². The van der Waals surface area contributed by atoms with Crippen molar-refractivity contribution in [1.29, 1.82) is 0 Å². The van der Waals surface area contributed by atoms with E-state index in [0.29, 0.717) is 30.0 Å². The molecule has 4 rings (SSSR count). The number of nitro groups is 1. The van der Waals surface area contributed by atoms with E-state index in [0.717, 1.165) is 4.88 Å². The van der Waals surface area contributed by atoms with Gasteiger partial charge in [0.05, 0.1) is 23.7 Å². The Balaban J connectivity index is 1.84. The molecule has 0 saturated heterocycles. The van der Waals surface area contributed by atoms with Crippen LogP contribution in [-0.2, 0) is 19.1 Å². The van der Waals surface area contributed by atoms with Crippen LogP contribution in [0.25, 0.3) is 0 Å². The minimum absolute atomic E-state index is 0.0103. The minimum atomic E-state index is -0.943. The van der Waals surface area contributed by atoms with Gasteiger partial charge >= 0.3 is 11.7 Å². The number of carbonyl (C=O) groups is 2. The number of phenols is 1. The number of hydrogen-bond donors (Lipinski definition) is 2. The second kappa shape index (κ2) is 11.8. The molecule has 2 aliphatic rings. The number of phenolic OH excluding ortho intramolecular Hbond substituents is 1. The van der Waals surface area contributed by atoms with Crippen molar-refractivity contribution in [3.63, 3.8) is 0 Å². The van der Waals surface area contributed by atoms with Crippen LogP contribution in [0.4, 0.5) is 5.69 Å². The smallest absolute Gasteiger partial charge is 0.336 e. The zero-order chi connectivity index (χ0) is 27.4. The van der Waals surface area contributed by atoms with Gasteiger partial charge in [-0.25, -0.2) is 4.79 Å². The summed E-state index contributed by atoms with van der Waals surface area (Å²) in [4.78, 5) is 39.2. The summed E-state index contributed by atoms with van der Waals surface area (Å²) < 4.78 is 16.2. The highest BCUT2D eigenvalue weighted by Crippen LogP contribution is 2.49. The number of dihydropyridines is 1. The molecule has 202 valence electrons. The number of nitrogens with zero attached hydrogens (tertiary/aromatic N) is 1. The molecule has 2 N–H and O–H groups in total. The van der Waals surface area contributed by atoms with Gasteiger partial charge in [0.2, 0.25) is 5.75 Å². The molecular weight excluding hydrogens is 512 g/mol. The molecule has 1 aliphatic carbocycles. The van der Waals surface area contributed by atoms with E-state index in [2.05, 4.69) is 5.32 Å². The van der Waals surface area contributed by atoms with Crippen LogP contribution in [0, 0.1) is 10.1 Å². The normalized spacial score (nSPS) is 19.2. The summed E-state index contributed by atoms with van der Waals surface area (Å²) >= 11 is 1.58. The van der Waals surface area contributed by atoms with Gasteiger partial charge in [-0.1, -0.05) is 6.07 Å². The van der Waals surface area contributed by atoms with E-state index in [1.54, 1.807) is 25.2 Å². The van der Waals surface area contributed by atoms with Crippen LogP contribution in [-0.4, -0.2) is 48.2 Å². The van der Waals surface area contributed by atoms with Crippen LogP contribution in [0.1, 0.15) is 55.9 Å². The molecular formula is C27H30N2O8S. The highest BCUT2D eigenvalue weighted by molar-refractivity contribution is 7.10. The van der Waals surface area contributed by atoms with Crippen LogP contribution in [0.3, 0.4) is 0 Å². The maximum atomic E-state index is 13.7. The molecule has 0 bridgehead atoms. The van der Waals surface area contributed by atoms with Crippen molar-refractivity contribution >= 4 is 28.8 Å². The molecule has 0 spiro atoms. The largest absolute Gasteiger partial charge is 0.500 e. The number of carbonyl (C=O) groups excluding carboxylic acids is 2. The van der Waals surface area contributed by atoms with E-state index >= 15 is 0 Å². The molecule has 11 heteroatoms. The van der Waals surface area contributed by atoms with Crippen LogP contribution < -0.4 is 10.1 Å². The number of benzene rings is 1. The molecule has 2 heterocycles. The molecule has 0 saturated carbocycles. The molecule has 2 aromatic rings. The zero-order valence-corrected chi connectivity index (χ0v) is 22.3. The van der Waals surface area contributed by atoms with Gasteiger partial charge in [-0.05, 0) is 50.3 Å². The summed E-state index contributed by atoms with van der Waals surface area (Å²) in [6, 6.07) is 6.58. The fraction of sp³-hybridized carbons (Fsp3) is 0.407. The summed E-state index contributed by atoms with van der Waals surface area (Å²) in [7, 11) is 0. The lowest BCUT2D eigenvalue weighted by Gasteiger charge is -2.36. The molecule has 2 atom stereocenters. The average Bonchev–Trinajstić information content (AvgIpc) is 3.42. The van der Waals surface area contributed by atoms with Crippen molar-refractivity contribution < 1.29 is 33.8 Å². The second-order valence-corrected chi connectivity index (χ2v) is 9.92. The van der Waals surface area contributed by atoms with Crippen molar-refractivity contribution in [1.82, 2.24) is 5.32 Å². The monoisotopic (exact) mass is 542 g/mol. The Morgan fingerprint density at radius 2 is 2.03 bits per heavy atom. The van der Waals surface area contributed by atoms with Gasteiger partial charge in [0, 0.05) is 52.8 Å². The lowest BCUT2D eigenvalue weighted by atomic mass is 9.72. The Morgan fingerprint density at radius 1 is 1.24 bits per heavy atom. The first kappa shape index (κ1) is 27.3. The van der Waals surface area contributed by atoms with Crippen molar-refractivity contribution in [3.8, 4) is 11.5 Å². The Kier molecular flexibility index (Phi) is 8.48. The van der Waals surface area contributed by atoms with E-state index < -0.39 is 28.2 Å². The van der Waals surface area contributed by atoms with Crippen molar-refractivity contribution in [3.05, 3.63) is 72.7 Å². The van der Waals surface area contributed by atoms with Gasteiger partial charge in [0.25, 0.3) is 0 Å². The van der Waals surface area contributed by atoms with Gasteiger partial charge in [-0.2, -0.15) is 0 Å². The fourth-order valence-corrected chi connectivity index (χ4v) is 5.80. The van der Waals surface area contributed by atoms with Crippen LogP contribution in [0.2, 0.25) is 0 Å². The topological polar surface area (TPSA) is 137 Å². The Labute approximate surface area is 224 Å². The highest BCUT2D eigenvalue weighted by atomic mass is 32.1. The van der Waals surface area contributed by atoms with Crippen molar-refractivity contribution in [2.24, 2.45) is 0 Å². The van der Waals surface area contributed by atoms with Gasteiger partial charge < -0.3 is 24.6 Å². The highest BCUT2D eigenvalue weighted by Gasteiger charge is 2.42. The molecule has 0 fully saturated rings. The summed E-state index contributed by atoms with van der Waals surface area (Å²) in [5.74, 6) is -2.50. The number of rotatable bonds is 10. The Hall–Kier alpha value is -3.70. The van der Waals surface area contributed by atoms with Crippen LogP contribution in [0.15, 0.2) is 52.2 Å². The quantitative estimate of drug-likeness (QED) is 0.189. The number of thiophene rings is 1. The van der Waals surface area contributed by atoms with Crippen molar-refractivity contribution in [2.75, 3.05) is 26.4 Å². The average molecular weight is 543 g/mol. The number of aromatic hydroxyl groups is 1. The summed E-state index contributed by atoms with van der Waals surface area (Å²) in [6.07, 6.45) is 0.780. The lowest BCUT2D eigenvalue weighted by molar-refractivity contribution is -0.386. The minimum Gasteiger partial charge on any atom is -0.500 e. The number of Topliss-reactive ketones (excluding diaryl/α,β-unsaturated/α-hetero) is 1. The molecule has 1 aromatic heterocycles. The van der Waals surface area contributed by atoms with E-state index in [-0.39, 0.29) is 54.8 Å². The molecule has 1 aromatic carbocycles.